The Hall–Kier alpha value is -3.05. The molecule has 10 nitrogen and oxygen atoms in total. The number of aromatic hydroxyl groups is 2. The summed E-state index contributed by atoms with van der Waals surface area (Å²) in [6.07, 6.45) is -7.33. The lowest BCUT2D eigenvalue weighted by molar-refractivity contribution is -0.271. The van der Waals surface area contributed by atoms with E-state index in [0.717, 1.165) is 17.5 Å². The fourth-order valence-corrected chi connectivity index (χ4v) is 4.06. The Morgan fingerprint density at radius 2 is 1.49 bits per heavy atom. The van der Waals surface area contributed by atoms with Crippen LogP contribution in [0.3, 0.4) is 0 Å². The van der Waals surface area contributed by atoms with Crippen LogP contribution in [0.1, 0.15) is 25.0 Å². The molecule has 0 amide bonds. The Labute approximate surface area is 202 Å². The van der Waals surface area contributed by atoms with Crippen LogP contribution in [0.4, 0.5) is 0 Å². The number of aliphatic carboxylic acids is 1. The van der Waals surface area contributed by atoms with E-state index in [1.807, 2.05) is 12.1 Å². The molecule has 0 aromatic heterocycles. The molecule has 1 heterocycles. The van der Waals surface area contributed by atoms with Crippen molar-refractivity contribution < 1.29 is 49.6 Å². The molecular weight excluding hydrogens is 460 g/mol. The van der Waals surface area contributed by atoms with Crippen LogP contribution in [0.25, 0.3) is 0 Å². The first-order valence-corrected chi connectivity index (χ1v) is 11.3. The number of ether oxygens (including phenoxy) is 3. The Morgan fingerprint density at radius 1 is 0.886 bits per heavy atom. The number of phenols is 2. The van der Waals surface area contributed by atoms with Gasteiger partial charge in [0.2, 0.25) is 6.29 Å². The van der Waals surface area contributed by atoms with Gasteiger partial charge < -0.3 is 44.8 Å². The zero-order valence-electron chi connectivity index (χ0n) is 19.7. The molecule has 1 aliphatic heterocycles. The van der Waals surface area contributed by atoms with Crippen molar-refractivity contribution in [3.63, 3.8) is 0 Å². The van der Waals surface area contributed by atoms with Gasteiger partial charge in [0.25, 0.3) is 0 Å². The van der Waals surface area contributed by atoms with E-state index in [0.29, 0.717) is 12.2 Å². The van der Waals surface area contributed by atoms with E-state index in [9.17, 15) is 30.3 Å². The number of aliphatic hydroxyl groups is 3. The van der Waals surface area contributed by atoms with Gasteiger partial charge in [0.15, 0.2) is 29.1 Å². The van der Waals surface area contributed by atoms with Crippen molar-refractivity contribution in [1.82, 2.24) is 0 Å². The van der Waals surface area contributed by atoms with Gasteiger partial charge in [-0.05, 0) is 60.1 Å². The van der Waals surface area contributed by atoms with Gasteiger partial charge in [0.1, 0.15) is 18.3 Å². The van der Waals surface area contributed by atoms with E-state index in [2.05, 4.69) is 13.8 Å². The summed E-state index contributed by atoms with van der Waals surface area (Å²) in [5, 5.41) is 59.2. The molecule has 1 aliphatic rings. The van der Waals surface area contributed by atoms with Crippen molar-refractivity contribution in [1.29, 1.82) is 0 Å². The topological polar surface area (TPSA) is 166 Å². The molecule has 2 aromatic rings. The van der Waals surface area contributed by atoms with Gasteiger partial charge in [-0.3, -0.25) is 0 Å². The quantitative estimate of drug-likeness (QED) is 0.301. The first-order valence-electron chi connectivity index (χ1n) is 11.3. The fraction of sp³-hybridized carbons (Fsp3) is 0.480. The maximum absolute atomic E-state index is 11.2. The number of aliphatic hydroxyl groups excluding tert-OH is 3. The number of carboxylic acid groups (broad SMARTS) is 1. The smallest absolute Gasteiger partial charge is 0.335 e. The largest absolute Gasteiger partial charge is 0.504 e. The molecule has 2 unspecified atom stereocenters. The molecule has 35 heavy (non-hydrogen) atoms. The Balaban J connectivity index is 1.64. The van der Waals surface area contributed by atoms with Crippen LogP contribution in [-0.2, 0) is 22.4 Å². The predicted octanol–water partition coefficient (Wildman–Crippen LogP) is 1.43. The first-order chi connectivity index (χ1) is 16.5. The second-order valence-electron chi connectivity index (χ2n) is 9.02. The Kier molecular flexibility index (Phi) is 8.44. The number of hydrogen-bond donors (Lipinski definition) is 6. The van der Waals surface area contributed by atoms with Gasteiger partial charge in [-0.15, -0.1) is 0 Å². The highest BCUT2D eigenvalue weighted by Gasteiger charge is 2.48. The average Bonchev–Trinajstić information content (AvgIpc) is 2.81. The van der Waals surface area contributed by atoms with E-state index in [4.69, 9.17) is 19.3 Å². The normalized spacial score (nSPS) is 26.1. The molecule has 0 bridgehead atoms. The summed E-state index contributed by atoms with van der Waals surface area (Å²) in [7, 11) is 1.50. The van der Waals surface area contributed by atoms with E-state index in [-0.39, 0.29) is 29.1 Å². The highest BCUT2D eigenvalue weighted by atomic mass is 16.7. The number of carboxylic acids is 1. The summed E-state index contributed by atoms with van der Waals surface area (Å²) < 4.78 is 15.7. The lowest BCUT2D eigenvalue weighted by Gasteiger charge is -2.38. The number of hydrogen-bond acceptors (Lipinski definition) is 9. The van der Waals surface area contributed by atoms with Crippen LogP contribution in [-0.4, -0.2) is 74.4 Å². The summed E-state index contributed by atoms with van der Waals surface area (Å²) in [6, 6.07) is 9.98. The number of carbonyl (C=O) groups is 1. The molecular formula is C25H32O10. The molecule has 0 spiro atoms. The molecule has 0 radical (unpaired) electrons. The number of methoxy groups -OCH3 is 1. The summed E-state index contributed by atoms with van der Waals surface area (Å²) in [5.74, 6) is -0.815. The van der Waals surface area contributed by atoms with Crippen LogP contribution < -0.4 is 9.47 Å². The molecule has 10 heteroatoms. The SMILES string of the molecule is COc1cc(CC(C)C(C)Cc2ccc(O[C@@H]3O[C@H](C(=O)O)[C@@H](O)[C@H](O)[C@H]3O)c(O)c2)ccc1O. The maximum atomic E-state index is 11.2. The minimum absolute atomic E-state index is 0.0672. The Bertz CT molecular complexity index is 1030. The Morgan fingerprint density at radius 3 is 2.06 bits per heavy atom. The van der Waals surface area contributed by atoms with Crippen LogP contribution in [0.2, 0.25) is 0 Å². The minimum atomic E-state index is -1.83. The number of rotatable bonds is 9. The van der Waals surface area contributed by atoms with Crippen LogP contribution in [0, 0.1) is 11.8 Å². The van der Waals surface area contributed by atoms with E-state index in [1.54, 1.807) is 12.1 Å². The predicted molar refractivity (Wildman–Crippen MR) is 123 cm³/mol. The summed E-state index contributed by atoms with van der Waals surface area (Å²) in [4.78, 5) is 11.2. The first kappa shape index (κ1) is 26.6. The van der Waals surface area contributed by atoms with Crippen molar-refractivity contribution in [2.45, 2.75) is 57.4 Å². The van der Waals surface area contributed by atoms with Gasteiger partial charge in [-0.1, -0.05) is 26.0 Å². The zero-order valence-corrected chi connectivity index (χ0v) is 19.7. The highest BCUT2D eigenvalue weighted by Crippen LogP contribution is 2.33. The molecule has 0 aliphatic carbocycles. The third-order valence-corrected chi connectivity index (χ3v) is 6.41. The lowest BCUT2D eigenvalue weighted by Crippen LogP contribution is -2.61. The molecule has 1 fully saturated rings. The summed E-state index contributed by atoms with van der Waals surface area (Å²) >= 11 is 0. The molecule has 0 saturated carbocycles. The molecule has 6 N–H and O–H groups in total. The lowest BCUT2D eigenvalue weighted by atomic mass is 9.85. The van der Waals surface area contributed by atoms with Gasteiger partial charge in [0, 0.05) is 0 Å². The van der Waals surface area contributed by atoms with Crippen molar-refractivity contribution in [3.8, 4) is 23.0 Å². The second-order valence-corrected chi connectivity index (χ2v) is 9.02. The second kappa shape index (κ2) is 11.1. The number of phenolic OH excluding ortho intramolecular Hbond substituents is 2. The van der Waals surface area contributed by atoms with Crippen molar-refractivity contribution in [2.75, 3.05) is 7.11 Å². The van der Waals surface area contributed by atoms with E-state index < -0.39 is 36.7 Å². The third kappa shape index (κ3) is 6.15. The molecule has 192 valence electrons. The summed E-state index contributed by atoms with van der Waals surface area (Å²) in [6.45, 7) is 4.20. The van der Waals surface area contributed by atoms with Crippen LogP contribution in [0.5, 0.6) is 23.0 Å². The molecule has 3 rings (SSSR count). The van der Waals surface area contributed by atoms with Crippen molar-refractivity contribution >= 4 is 5.97 Å². The minimum Gasteiger partial charge on any atom is -0.504 e. The van der Waals surface area contributed by atoms with Crippen molar-refractivity contribution in [3.05, 3.63) is 47.5 Å². The van der Waals surface area contributed by atoms with Gasteiger partial charge in [-0.25, -0.2) is 4.79 Å². The van der Waals surface area contributed by atoms with Crippen LogP contribution in [0.15, 0.2) is 36.4 Å². The number of benzene rings is 2. The maximum Gasteiger partial charge on any atom is 0.335 e. The zero-order chi connectivity index (χ0) is 25.9. The highest BCUT2D eigenvalue weighted by molar-refractivity contribution is 5.73. The fourth-order valence-electron chi connectivity index (χ4n) is 4.06. The molecule has 2 aromatic carbocycles. The summed E-state index contributed by atoms with van der Waals surface area (Å²) in [5.41, 5.74) is 1.87. The molecule has 7 atom stereocenters. The van der Waals surface area contributed by atoms with Crippen LogP contribution >= 0.6 is 0 Å². The average molecular weight is 493 g/mol. The van der Waals surface area contributed by atoms with Gasteiger partial charge >= 0.3 is 5.97 Å². The third-order valence-electron chi connectivity index (χ3n) is 6.41. The van der Waals surface area contributed by atoms with E-state index in [1.165, 1.54) is 19.2 Å². The van der Waals surface area contributed by atoms with E-state index >= 15 is 0 Å². The monoisotopic (exact) mass is 492 g/mol. The molecule has 1 saturated heterocycles. The van der Waals surface area contributed by atoms with Gasteiger partial charge in [0.05, 0.1) is 7.11 Å². The van der Waals surface area contributed by atoms with Crippen molar-refractivity contribution in [2.24, 2.45) is 11.8 Å². The van der Waals surface area contributed by atoms with Gasteiger partial charge in [-0.2, -0.15) is 0 Å². The standard InChI is InChI=1S/C25H32O10/c1-12(13(2)9-15-4-6-16(26)19(11-15)33-3)8-14-5-7-18(17(27)10-14)34-25-22(30)20(28)21(29)23(35-25)24(31)32/h4-7,10-13,20-23,25-30H,8-9H2,1-3H3,(H,31,32)/t12?,13?,20-,21-,22+,23-,25+/m0/s1.